The largest absolute Gasteiger partial charge is 0.462 e. The number of benzene rings is 1. The van der Waals surface area contributed by atoms with Crippen LogP contribution in [0.1, 0.15) is 40.3 Å². The standard InChI is InChI=1S/C20H19N3O6/c1-4-28-20(27)16-12(3)29-18-17(16)19(26)23(10-21-18)9-15(25)22-14-8-6-5-7-13(14)11(2)24/h5-8,10H,4,9H2,1-3H3,(H,22,25). The van der Waals surface area contributed by atoms with Crippen molar-refractivity contribution in [2.45, 2.75) is 27.3 Å². The number of nitrogens with one attached hydrogen (secondary N) is 1. The summed E-state index contributed by atoms with van der Waals surface area (Å²) in [6.07, 6.45) is 1.17. The van der Waals surface area contributed by atoms with E-state index in [2.05, 4.69) is 10.3 Å². The smallest absolute Gasteiger partial charge is 0.342 e. The van der Waals surface area contributed by atoms with Crippen LogP contribution in [-0.4, -0.2) is 33.8 Å². The van der Waals surface area contributed by atoms with Crippen molar-refractivity contribution in [3.63, 3.8) is 0 Å². The lowest BCUT2D eigenvalue weighted by atomic mass is 10.1. The number of anilines is 1. The normalized spacial score (nSPS) is 10.7. The van der Waals surface area contributed by atoms with Crippen LogP contribution in [0.2, 0.25) is 0 Å². The number of aromatic nitrogens is 2. The van der Waals surface area contributed by atoms with Gasteiger partial charge in [0.15, 0.2) is 5.78 Å². The maximum absolute atomic E-state index is 12.9. The Bertz CT molecular complexity index is 1170. The summed E-state index contributed by atoms with van der Waals surface area (Å²) in [5, 5.41) is 2.57. The van der Waals surface area contributed by atoms with Crippen LogP contribution in [0.25, 0.3) is 11.1 Å². The van der Waals surface area contributed by atoms with Crippen LogP contribution >= 0.6 is 0 Å². The van der Waals surface area contributed by atoms with Crippen LogP contribution in [0.3, 0.4) is 0 Å². The summed E-state index contributed by atoms with van der Waals surface area (Å²) in [5.41, 5.74) is 0.0883. The van der Waals surface area contributed by atoms with Gasteiger partial charge in [-0.3, -0.25) is 19.0 Å². The Morgan fingerprint density at radius 2 is 1.97 bits per heavy atom. The fourth-order valence-electron chi connectivity index (χ4n) is 2.94. The molecule has 0 spiro atoms. The molecular formula is C20H19N3O6. The van der Waals surface area contributed by atoms with Gasteiger partial charge in [0.25, 0.3) is 5.56 Å². The molecule has 0 aliphatic carbocycles. The van der Waals surface area contributed by atoms with Crippen LogP contribution in [0, 0.1) is 6.92 Å². The lowest BCUT2D eigenvalue weighted by Crippen LogP contribution is -2.28. The highest BCUT2D eigenvalue weighted by Crippen LogP contribution is 2.22. The molecule has 1 N–H and O–H groups in total. The summed E-state index contributed by atoms with van der Waals surface area (Å²) in [4.78, 5) is 53.2. The van der Waals surface area contributed by atoms with Gasteiger partial charge in [-0.15, -0.1) is 0 Å². The minimum Gasteiger partial charge on any atom is -0.462 e. The third kappa shape index (κ3) is 3.93. The van der Waals surface area contributed by atoms with Gasteiger partial charge in [-0.2, -0.15) is 0 Å². The average molecular weight is 397 g/mol. The van der Waals surface area contributed by atoms with E-state index in [0.717, 1.165) is 4.57 Å². The van der Waals surface area contributed by atoms with Crippen molar-refractivity contribution in [3.05, 3.63) is 57.8 Å². The molecule has 0 atom stereocenters. The summed E-state index contributed by atoms with van der Waals surface area (Å²) in [6.45, 7) is 4.35. The highest BCUT2D eigenvalue weighted by atomic mass is 16.5. The Labute approximate surface area is 165 Å². The van der Waals surface area contributed by atoms with E-state index < -0.39 is 17.4 Å². The van der Waals surface area contributed by atoms with Gasteiger partial charge in [0, 0.05) is 5.56 Å². The monoisotopic (exact) mass is 397 g/mol. The van der Waals surface area contributed by atoms with Crippen LogP contribution in [-0.2, 0) is 16.1 Å². The number of ketones is 1. The van der Waals surface area contributed by atoms with E-state index in [1.54, 1.807) is 31.2 Å². The van der Waals surface area contributed by atoms with E-state index in [4.69, 9.17) is 9.15 Å². The number of ether oxygens (including phenoxy) is 1. The number of nitrogens with zero attached hydrogens (tertiary/aromatic N) is 2. The molecule has 29 heavy (non-hydrogen) atoms. The number of carbonyl (C=O) groups excluding carboxylic acids is 3. The Morgan fingerprint density at radius 1 is 1.24 bits per heavy atom. The highest BCUT2D eigenvalue weighted by Gasteiger charge is 2.24. The zero-order valence-corrected chi connectivity index (χ0v) is 16.1. The number of rotatable bonds is 6. The van der Waals surface area contributed by atoms with E-state index in [9.17, 15) is 19.2 Å². The Hall–Kier alpha value is -3.75. The molecule has 0 fully saturated rings. The van der Waals surface area contributed by atoms with Crippen LogP contribution in [0.15, 0.2) is 39.8 Å². The molecule has 3 aromatic rings. The van der Waals surface area contributed by atoms with Crippen molar-refractivity contribution in [2.24, 2.45) is 0 Å². The van der Waals surface area contributed by atoms with Crippen molar-refractivity contribution in [1.82, 2.24) is 9.55 Å². The fraction of sp³-hybridized carbons (Fsp3) is 0.250. The predicted octanol–water partition coefficient (Wildman–Crippen LogP) is 2.32. The van der Waals surface area contributed by atoms with Gasteiger partial charge < -0.3 is 14.5 Å². The first kappa shape index (κ1) is 20.0. The number of esters is 1. The predicted molar refractivity (Wildman–Crippen MR) is 104 cm³/mol. The van der Waals surface area contributed by atoms with Crippen LogP contribution in [0.5, 0.6) is 0 Å². The van der Waals surface area contributed by atoms with Gasteiger partial charge in [0.2, 0.25) is 11.6 Å². The van der Waals surface area contributed by atoms with Crippen molar-refractivity contribution in [3.8, 4) is 0 Å². The van der Waals surface area contributed by atoms with Gasteiger partial charge in [-0.05, 0) is 32.9 Å². The zero-order chi connectivity index (χ0) is 21.1. The summed E-state index contributed by atoms with van der Waals surface area (Å²) < 4.78 is 11.4. The van der Waals surface area contributed by atoms with Crippen LogP contribution in [0.4, 0.5) is 5.69 Å². The van der Waals surface area contributed by atoms with Gasteiger partial charge >= 0.3 is 5.97 Å². The lowest BCUT2D eigenvalue weighted by Gasteiger charge is -2.10. The zero-order valence-electron chi connectivity index (χ0n) is 16.1. The van der Waals surface area contributed by atoms with Crippen molar-refractivity contribution in [1.29, 1.82) is 0 Å². The molecule has 9 heteroatoms. The fourth-order valence-corrected chi connectivity index (χ4v) is 2.94. The van der Waals surface area contributed by atoms with Crippen molar-refractivity contribution in [2.75, 3.05) is 11.9 Å². The van der Waals surface area contributed by atoms with Gasteiger partial charge in [-0.25, -0.2) is 9.78 Å². The number of Topliss-reactive ketones (excluding diaryl/α,β-unsaturated/α-hetero) is 1. The summed E-state index contributed by atoms with van der Waals surface area (Å²) in [5.74, 6) is -1.21. The van der Waals surface area contributed by atoms with E-state index in [0.29, 0.717) is 11.3 Å². The number of para-hydroxylation sites is 1. The molecule has 1 aromatic carbocycles. The number of carbonyl (C=O) groups is 3. The number of furan rings is 1. The highest BCUT2D eigenvalue weighted by molar-refractivity contribution is 6.04. The molecule has 2 heterocycles. The topological polar surface area (TPSA) is 120 Å². The summed E-state index contributed by atoms with van der Waals surface area (Å²) >= 11 is 0. The maximum atomic E-state index is 12.9. The molecule has 0 saturated heterocycles. The second-order valence-corrected chi connectivity index (χ2v) is 6.26. The van der Waals surface area contributed by atoms with Gasteiger partial charge in [0.1, 0.15) is 29.6 Å². The molecule has 150 valence electrons. The first-order valence-electron chi connectivity index (χ1n) is 8.89. The minimum atomic E-state index is -0.694. The molecule has 0 unspecified atom stereocenters. The SMILES string of the molecule is CCOC(=O)c1c(C)oc2ncn(CC(=O)Nc3ccccc3C(C)=O)c(=O)c12. The summed E-state index contributed by atoms with van der Waals surface area (Å²) in [6, 6.07) is 6.56. The van der Waals surface area contributed by atoms with Gasteiger partial charge in [-0.1, -0.05) is 12.1 Å². The lowest BCUT2D eigenvalue weighted by molar-refractivity contribution is -0.116. The van der Waals surface area contributed by atoms with Gasteiger partial charge in [0.05, 0.1) is 12.3 Å². The van der Waals surface area contributed by atoms with E-state index >= 15 is 0 Å². The number of hydrogen-bond donors (Lipinski definition) is 1. The number of hydrogen-bond acceptors (Lipinski definition) is 7. The number of fused-ring (bicyclic) bond motifs is 1. The molecule has 0 saturated carbocycles. The second kappa shape index (κ2) is 8.09. The molecule has 0 aliphatic rings. The van der Waals surface area contributed by atoms with E-state index in [1.165, 1.54) is 20.2 Å². The molecule has 3 rings (SSSR count). The third-order valence-electron chi connectivity index (χ3n) is 4.23. The Balaban J connectivity index is 1.93. The quantitative estimate of drug-likeness (QED) is 0.500. The number of amides is 1. The minimum absolute atomic E-state index is 0.00367. The second-order valence-electron chi connectivity index (χ2n) is 6.26. The first-order valence-corrected chi connectivity index (χ1v) is 8.89. The molecule has 0 aliphatic heterocycles. The van der Waals surface area contributed by atoms with E-state index in [-0.39, 0.29) is 41.4 Å². The third-order valence-corrected chi connectivity index (χ3v) is 4.23. The van der Waals surface area contributed by atoms with Crippen molar-refractivity contribution >= 4 is 34.4 Å². The molecule has 1 amide bonds. The molecule has 2 aromatic heterocycles. The molecular weight excluding hydrogens is 378 g/mol. The molecule has 0 bridgehead atoms. The number of aryl methyl sites for hydroxylation is 1. The average Bonchev–Trinajstić information content (AvgIpc) is 3.01. The van der Waals surface area contributed by atoms with E-state index in [1.807, 2.05) is 0 Å². The van der Waals surface area contributed by atoms with Crippen molar-refractivity contribution < 1.29 is 23.5 Å². The summed E-state index contributed by atoms with van der Waals surface area (Å²) in [7, 11) is 0. The molecule has 0 radical (unpaired) electrons. The molecule has 9 nitrogen and oxygen atoms in total. The first-order chi connectivity index (χ1) is 13.8. The van der Waals surface area contributed by atoms with Crippen LogP contribution < -0.4 is 10.9 Å². The Morgan fingerprint density at radius 3 is 2.66 bits per heavy atom. The Kier molecular flexibility index (Phi) is 5.58. The maximum Gasteiger partial charge on any atom is 0.342 e.